The van der Waals surface area contributed by atoms with Gasteiger partial charge >= 0.3 is 0 Å². The Labute approximate surface area is 121 Å². The third kappa shape index (κ3) is 3.31. The van der Waals surface area contributed by atoms with Gasteiger partial charge in [0.25, 0.3) is 0 Å². The molecular weight excluding hydrogens is 252 g/mol. The predicted octanol–water partition coefficient (Wildman–Crippen LogP) is 0.869. The zero-order valence-corrected chi connectivity index (χ0v) is 12.6. The number of nitriles is 1. The number of hydrogen-bond acceptors (Lipinski definition) is 4. The molecule has 1 amide bonds. The molecule has 0 spiro atoms. The van der Waals surface area contributed by atoms with Gasteiger partial charge in [0.1, 0.15) is 5.54 Å². The highest BCUT2D eigenvalue weighted by Gasteiger charge is 2.40. The van der Waals surface area contributed by atoms with E-state index in [0.717, 1.165) is 51.9 Å². The molecule has 2 aliphatic heterocycles. The molecule has 0 aromatic carbocycles. The molecule has 2 saturated heterocycles. The number of piperidine rings is 1. The SMILES string of the molecule is CCNC(C)(C#N)CCCN1CCCC2C(=O)NCC21. The van der Waals surface area contributed by atoms with Crippen LogP contribution in [0.5, 0.6) is 0 Å². The molecule has 3 atom stereocenters. The van der Waals surface area contributed by atoms with Crippen LogP contribution >= 0.6 is 0 Å². The van der Waals surface area contributed by atoms with Crippen molar-refractivity contribution in [3.8, 4) is 6.07 Å². The maximum atomic E-state index is 11.7. The molecule has 2 fully saturated rings. The van der Waals surface area contributed by atoms with Crippen molar-refractivity contribution in [1.82, 2.24) is 15.5 Å². The second-order valence-electron chi connectivity index (χ2n) is 6.17. The highest BCUT2D eigenvalue weighted by atomic mass is 16.2. The van der Waals surface area contributed by atoms with E-state index in [1.807, 2.05) is 13.8 Å². The van der Waals surface area contributed by atoms with E-state index in [2.05, 4.69) is 21.6 Å². The van der Waals surface area contributed by atoms with Crippen LogP contribution in [0.15, 0.2) is 0 Å². The van der Waals surface area contributed by atoms with E-state index < -0.39 is 5.54 Å². The number of fused-ring (bicyclic) bond motifs is 1. The number of amides is 1. The van der Waals surface area contributed by atoms with Gasteiger partial charge in [0, 0.05) is 12.6 Å². The van der Waals surface area contributed by atoms with Crippen LogP contribution in [0.3, 0.4) is 0 Å². The zero-order chi connectivity index (χ0) is 14.6. The first-order valence-electron chi connectivity index (χ1n) is 7.77. The van der Waals surface area contributed by atoms with Gasteiger partial charge in [-0.3, -0.25) is 15.0 Å². The Morgan fingerprint density at radius 3 is 3.10 bits per heavy atom. The van der Waals surface area contributed by atoms with Gasteiger partial charge in [-0.05, 0) is 52.2 Å². The highest BCUT2D eigenvalue weighted by molar-refractivity contribution is 5.82. The molecule has 2 rings (SSSR count). The van der Waals surface area contributed by atoms with E-state index in [9.17, 15) is 10.1 Å². The van der Waals surface area contributed by atoms with Crippen molar-refractivity contribution in [3.05, 3.63) is 0 Å². The van der Waals surface area contributed by atoms with E-state index in [4.69, 9.17) is 0 Å². The first-order valence-corrected chi connectivity index (χ1v) is 7.77. The van der Waals surface area contributed by atoms with Crippen LogP contribution in [-0.4, -0.2) is 48.6 Å². The molecule has 0 saturated carbocycles. The van der Waals surface area contributed by atoms with Gasteiger partial charge in [0.05, 0.1) is 12.0 Å². The number of carbonyl (C=O) groups is 1. The summed E-state index contributed by atoms with van der Waals surface area (Å²) >= 11 is 0. The van der Waals surface area contributed by atoms with Crippen molar-refractivity contribution in [2.75, 3.05) is 26.2 Å². The molecule has 2 heterocycles. The Bertz CT molecular complexity index is 392. The molecule has 0 bridgehead atoms. The summed E-state index contributed by atoms with van der Waals surface area (Å²) in [4.78, 5) is 14.2. The molecular formula is C15H26N4O. The molecule has 0 aliphatic carbocycles. The highest BCUT2D eigenvalue weighted by Crippen LogP contribution is 2.27. The van der Waals surface area contributed by atoms with E-state index in [1.54, 1.807) is 0 Å². The van der Waals surface area contributed by atoms with Crippen LogP contribution in [0.2, 0.25) is 0 Å². The van der Waals surface area contributed by atoms with Crippen LogP contribution in [0.4, 0.5) is 0 Å². The Morgan fingerprint density at radius 1 is 1.60 bits per heavy atom. The molecule has 0 aromatic rings. The van der Waals surface area contributed by atoms with Crippen LogP contribution < -0.4 is 10.6 Å². The van der Waals surface area contributed by atoms with Crippen LogP contribution in [0.1, 0.15) is 39.5 Å². The predicted molar refractivity (Wildman–Crippen MR) is 78.0 cm³/mol. The second-order valence-corrected chi connectivity index (χ2v) is 6.17. The van der Waals surface area contributed by atoms with Gasteiger partial charge in [-0.25, -0.2) is 0 Å². The van der Waals surface area contributed by atoms with Crippen molar-refractivity contribution in [1.29, 1.82) is 5.26 Å². The lowest BCUT2D eigenvalue weighted by atomic mass is 9.90. The lowest BCUT2D eigenvalue weighted by Crippen LogP contribution is -2.47. The Kier molecular flexibility index (Phi) is 5.00. The van der Waals surface area contributed by atoms with Gasteiger partial charge < -0.3 is 5.32 Å². The lowest BCUT2D eigenvalue weighted by Gasteiger charge is -2.36. The Balaban J connectivity index is 1.82. The average molecular weight is 278 g/mol. The largest absolute Gasteiger partial charge is 0.354 e. The zero-order valence-electron chi connectivity index (χ0n) is 12.6. The fraction of sp³-hybridized carbons (Fsp3) is 0.867. The van der Waals surface area contributed by atoms with Gasteiger partial charge in [-0.2, -0.15) is 5.26 Å². The summed E-state index contributed by atoms with van der Waals surface area (Å²) in [5, 5.41) is 15.5. The summed E-state index contributed by atoms with van der Waals surface area (Å²) < 4.78 is 0. The third-order valence-corrected chi connectivity index (χ3v) is 4.65. The van der Waals surface area contributed by atoms with Gasteiger partial charge in [-0.1, -0.05) is 6.92 Å². The van der Waals surface area contributed by atoms with E-state index in [0.29, 0.717) is 6.04 Å². The minimum atomic E-state index is -0.423. The molecule has 5 heteroatoms. The Hall–Kier alpha value is -1.12. The van der Waals surface area contributed by atoms with Crippen LogP contribution in [0.25, 0.3) is 0 Å². The normalized spacial score (nSPS) is 29.4. The summed E-state index contributed by atoms with van der Waals surface area (Å²) in [6, 6.07) is 2.75. The number of likely N-dealkylation sites (tertiary alicyclic amines) is 1. The quantitative estimate of drug-likeness (QED) is 0.756. The van der Waals surface area contributed by atoms with Crippen LogP contribution in [-0.2, 0) is 4.79 Å². The summed E-state index contributed by atoms with van der Waals surface area (Å²) in [6.07, 6.45) is 3.98. The monoisotopic (exact) mass is 278 g/mol. The minimum absolute atomic E-state index is 0.194. The fourth-order valence-electron chi connectivity index (χ4n) is 3.53. The van der Waals surface area contributed by atoms with Crippen molar-refractivity contribution in [3.63, 3.8) is 0 Å². The molecule has 0 radical (unpaired) electrons. The van der Waals surface area contributed by atoms with E-state index in [1.165, 1.54) is 0 Å². The van der Waals surface area contributed by atoms with Crippen molar-refractivity contribution in [2.24, 2.45) is 5.92 Å². The molecule has 0 aromatic heterocycles. The first kappa shape index (κ1) is 15.3. The lowest BCUT2D eigenvalue weighted by molar-refractivity contribution is -0.124. The minimum Gasteiger partial charge on any atom is -0.354 e. The standard InChI is InChI=1S/C15H26N4O/c1-3-18-15(2,11-16)7-5-9-19-8-4-6-12-13(19)10-17-14(12)20/h12-13,18H,3-10H2,1-2H3,(H,17,20). The number of carbonyl (C=O) groups excluding carboxylic acids is 1. The first-order chi connectivity index (χ1) is 9.59. The van der Waals surface area contributed by atoms with Gasteiger partial charge in [0.15, 0.2) is 0 Å². The molecule has 3 unspecified atom stereocenters. The fourth-order valence-corrected chi connectivity index (χ4v) is 3.53. The maximum absolute atomic E-state index is 11.7. The number of nitrogens with one attached hydrogen (secondary N) is 2. The average Bonchev–Trinajstić information content (AvgIpc) is 2.82. The van der Waals surface area contributed by atoms with Crippen molar-refractivity contribution in [2.45, 2.75) is 51.1 Å². The smallest absolute Gasteiger partial charge is 0.224 e. The van der Waals surface area contributed by atoms with E-state index in [-0.39, 0.29) is 11.8 Å². The summed E-state index contributed by atoms with van der Waals surface area (Å²) in [6.45, 7) is 7.68. The third-order valence-electron chi connectivity index (χ3n) is 4.65. The van der Waals surface area contributed by atoms with Crippen molar-refractivity contribution >= 4 is 5.91 Å². The number of hydrogen-bond donors (Lipinski definition) is 2. The maximum Gasteiger partial charge on any atom is 0.224 e. The topological polar surface area (TPSA) is 68.2 Å². The molecule has 112 valence electrons. The van der Waals surface area contributed by atoms with Crippen molar-refractivity contribution < 1.29 is 4.79 Å². The number of nitrogens with zero attached hydrogens (tertiary/aromatic N) is 2. The molecule has 2 N–H and O–H groups in total. The van der Waals surface area contributed by atoms with Gasteiger partial charge in [-0.15, -0.1) is 0 Å². The van der Waals surface area contributed by atoms with Gasteiger partial charge in [0.2, 0.25) is 5.91 Å². The van der Waals surface area contributed by atoms with E-state index >= 15 is 0 Å². The summed E-state index contributed by atoms with van der Waals surface area (Å²) in [5.41, 5.74) is -0.423. The summed E-state index contributed by atoms with van der Waals surface area (Å²) in [5.74, 6) is 0.425. The Morgan fingerprint density at radius 2 is 2.40 bits per heavy atom. The van der Waals surface area contributed by atoms with Crippen LogP contribution in [0, 0.1) is 17.2 Å². The number of rotatable bonds is 6. The molecule has 5 nitrogen and oxygen atoms in total. The second kappa shape index (κ2) is 6.55. The molecule has 20 heavy (non-hydrogen) atoms. The molecule has 2 aliphatic rings. The summed E-state index contributed by atoms with van der Waals surface area (Å²) in [7, 11) is 0.